The standard InChI is InChI=1S/C17H25NO2S/c1-14-6-8-15(9-7-14)4-2-3-5-16(19)18-12-17(20)10-11-21-13-17/h6-9,20H,2-5,10-13H2,1H3,(H,18,19). The Morgan fingerprint density at radius 2 is 2.10 bits per heavy atom. The second-order valence-corrected chi connectivity index (χ2v) is 7.10. The number of thioether (sulfide) groups is 1. The van der Waals surface area contributed by atoms with Gasteiger partial charge in [-0.3, -0.25) is 4.79 Å². The maximum absolute atomic E-state index is 11.8. The summed E-state index contributed by atoms with van der Waals surface area (Å²) in [6.45, 7) is 2.49. The van der Waals surface area contributed by atoms with E-state index in [0.717, 1.165) is 37.2 Å². The lowest BCUT2D eigenvalue weighted by atomic mass is 10.0. The van der Waals surface area contributed by atoms with Crippen LogP contribution in [-0.4, -0.2) is 34.7 Å². The molecule has 1 aliphatic heterocycles. The van der Waals surface area contributed by atoms with E-state index in [0.29, 0.717) is 13.0 Å². The van der Waals surface area contributed by atoms with Gasteiger partial charge in [0.25, 0.3) is 0 Å². The van der Waals surface area contributed by atoms with E-state index in [9.17, 15) is 9.90 Å². The lowest BCUT2D eigenvalue weighted by Crippen LogP contribution is -2.42. The van der Waals surface area contributed by atoms with Gasteiger partial charge in [0, 0.05) is 18.7 Å². The summed E-state index contributed by atoms with van der Waals surface area (Å²) in [5.74, 6) is 1.79. The highest BCUT2D eigenvalue weighted by Crippen LogP contribution is 2.26. The third kappa shape index (κ3) is 5.71. The largest absolute Gasteiger partial charge is 0.387 e. The number of nitrogens with one attached hydrogen (secondary N) is 1. The number of unbranched alkanes of at least 4 members (excludes halogenated alkanes) is 1. The van der Waals surface area contributed by atoms with E-state index in [1.54, 1.807) is 11.8 Å². The van der Waals surface area contributed by atoms with Gasteiger partial charge in [0.2, 0.25) is 5.91 Å². The fourth-order valence-electron chi connectivity index (χ4n) is 2.46. The van der Waals surface area contributed by atoms with E-state index in [1.165, 1.54) is 11.1 Å². The minimum Gasteiger partial charge on any atom is -0.387 e. The Hall–Kier alpha value is -1.00. The van der Waals surface area contributed by atoms with Crippen LogP contribution in [0.15, 0.2) is 24.3 Å². The van der Waals surface area contributed by atoms with Gasteiger partial charge in [0.1, 0.15) is 0 Å². The first-order valence-electron chi connectivity index (χ1n) is 7.70. The number of benzene rings is 1. The Bertz CT molecular complexity index is 452. The average molecular weight is 307 g/mol. The third-order valence-corrected chi connectivity index (χ3v) is 5.17. The molecular weight excluding hydrogens is 282 g/mol. The summed E-state index contributed by atoms with van der Waals surface area (Å²) in [6, 6.07) is 8.57. The minimum atomic E-state index is -0.678. The second-order valence-electron chi connectivity index (χ2n) is 6.00. The van der Waals surface area contributed by atoms with Crippen molar-refractivity contribution in [3.05, 3.63) is 35.4 Å². The molecule has 0 aromatic heterocycles. The van der Waals surface area contributed by atoms with Crippen LogP contribution in [0.2, 0.25) is 0 Å². The average Bonchev–Trinajstić information content (AvgIpc) is 2.91. The van der Waals surface area contributed by atoms with Crippen molar-refractivity contribution in [1.82, 2.24) is 5.32 Å². The molecule has 1 aromatic rings. The van der Waals surface area contributed by atoms with E-state index in [4.69, 9.17) is 0 Å². The third-order valence-electron chi connectivity index (χ3n) is 3.94. The Morgan fingerprint density at radius 3 is 2.76 bits per heavy atom. The van der Waals surface area contributed by atoms with Crippen LogP contribution in [0.5, 0.6) is 0 Å². The van der Waals surface area contributed by atoms with Crippen LogP contribution in [0.1, 0.15) is 36.8 Å². The van der Waals surface area contributed by atoms with Gasteiger partial charge in [0.05, 0.1) is 5.60 Å². The highest BCUT2D eigenvalue weighted by molar-refractivity contribution is 7.99. The normalized spacial score (nSPS) is 21.4. The van der Waals surface area contributed by atoms with E-state index >= 15 is 0 Å². The number of aliphatic hydroxyl groups is 1. The van der Waals surface area contributed by atoms with Gasteiger partial charge in [-0.1, -0.05) is 29.8 Å². The van der Waals surface area contributed by atoms with Crippen LogP contribution in [0, 0.1) is 6.92 Å². The Balaban J connectivity index is 1.57. The van der Waals surface area contributed by atoms with Gasteiger partial charge in [-0.05, 0) is 43.9 Å². The zero-order valence-electron chi connectivity index (χ0n) is 12.7. The fraction of sp³-hybridized carbons (Fsp3) is 0.588. The number of hydrogen-bond acceptors (Lipinski definition) is 3. The lowest BCUT2D eigenvalue weighted by Gasteiger charge is -2.21. The zero-order chi connectivity index (χ0) is 15.1. The van der Waals surface area contributed by atoms with Crippen molar-refractivity contribution in [1.29, 1.82) is 0 Å². The smallest absolute Gasteiger partial charge is 0.220 e. The summed E-state index contributed by atoms with van der Waals surface area (Å²) in [5.41, 5.74) is 1.93. The summed E-state index contributed by atoms with van der Waals surface area (Å²) < 4.78 is 0. The van der Waals surface area contributed by atoms with Gasteiger partial charge >= 0.3 is 0 Å². The van der Waals surface area contributed by atoms with Gasteiger partial charge in [-0.15, -0.1) is 0 Å². The first-order valence-corrected chi connectivity index (χ1v) is 8.85. The van der Waals surface area contributed by atoms with Gasteiger partial charge in [-0.25, -0.2) is 0 Å². The number of hydrogen-bond donors (Lipinski definition) is 2. The zero-order valence-corrected chi connectivity index (χ0v) is 13.5. The molecule has 1 atom stereocenters. The molecular formula is C17H25NO2S. The first kappa shape index (κ1) is 16.4. The second kappa shape index (κ2) is 7.85. The van der Waals surface area contributed by atoms with Crippen LogP contribution < -0.4 is 5.32 Å². The van der Waals surface area contributed by atoms with Crippen molar-refractivity contribution < 1.29 is 9.90 Å². The molecule has 4 heteroatoms. The number of carbonyl (C=O) groups excluding carboxylic acids is 1. The lowest BCUT2D eigenvalue weighted by molar-refractivity contribution is -0.122. The molecule has 1 fully saturated rings. The molecule has 1 unspecified atom stereocenters. The van der Waals surface area contributed by atoms with E-state index < -0.39 is 5.60 Å². The molecule has 0 radical (unpaired) electrons. The molecule has 3 nitrogen and oxygen atoms in total. The molecule has 2 rings (SSSR count). The molecule has 1 saturated heterocycles. The molecule has 116 valence electrons. The molecule has 0 spiro atoms. The van der Waals surface area contributed by atoms with Crippen LogP contribution >= 0.6 is 11.8 Å². The number of aryl methyl sites for hydroxylation is 2. The predicted octanol–water partition coefficient (Wildman–Crippen LogP) is 2.69. The first-order chi connectivity index (χ1) is 10.1. The van der Waals surface area contributed by atoms with Crippen LogP contribution in [0.3, 0.4) is 0 Å². The highest BCUT2D eigenvalue weighted by Gasteiger charge is 2.31. The number of rotatable bonds is 7. The summed E-state index contributed by atoms with van der Waals surface area (Å²) in [4.78, 5) is 11.8. The van der Waals surface area contributed by atoms with Crippen molar-refractivity contribution in [2.45, 2.75) is 44.6 Å². The summed E-state index contributed by atoms with van der Waals surface area (Å²) >= 11 is 1.75. The van der Waals surface area contributed by atoms with E-state index in [1.807, 2.05) is 0 Å². The molecule has 1 heterocycles. The van der Waals surface area contributed by atoms with Crippen LogP contribution in [-0.2, 0) is 11.2 Å². The molecule has 1 aliphatic rings. The molecule has 2 N–H and O–H groups in total. The molecule has 1 amide bonds. The van der Waals surface area contributed by atoms with Crippen molar-refractivity contribution >= 4 is 17.7 Å². The molecule has 0 bridgehead atoms. The van der Waals surface area contributed by atoms with Crippen molar-refractivity contribution in [2.75, 3.05) is 18.1 Å². The predicted molar refractivity (Wildman–Crippen MR) is 88.6 cm³/mol. The van der Waals surface area contributed by atoms with Gasteiger partial charge < -0.3 is 10.4 Å². The SMILES string of the molecule is Cc1ccc(CCCCC(=O)NCC2(O)CCSC2)cc1. The minimum absolute atomic E-state index is 0.0595. The monoisotopic (exact) mass is 307 g/mol. The van der Waals surface area contributed by atoms with E-state index in [2.05, 4.69) is 36.5 Å². The van der Waals surface area contributed by atoms with Crippen molar-refractivity contribution in [3.8, 4) is 0 Å². The Kier molecular flexibility index (Phi) is 6.12. The van der Waals surface area contributed by atoms with E-state index in [-0.39, 0.29) is 5.91 Å². The number of amides is 1. The van der Waals surface area contributed by atoms with Crippen molar-refractivity contribution in [3.63, 3.8) is 0 Å². The molecule has 1 aromatic carbocycles. The molecule has 0 aliphatic carbocycles. The summed E-state index contributed by atoms with van der Waals surface area (Å²) in [6.07, 6.45) is 4.28. The van der Waals surface area contributed by atoms with Gasteiger partial charge in [-0.2, -0.15) is 11.8 Å². The van der Waals surface area contributed by atoms with Crippen molar-refractivity contribution in [2.24, 2.45) is 0 Å². The number of carbonyl (C=O) groups is 1. The fourth-order valence-corrected chi connectivity index (χ4v) is 3.75. The van der Waals surface area contributed by atoms with Gasteiger partial charge in [0.15, 0.2) is 0 Å². The molecule has 21 heavy (non-hydrogen) atoms. The Morgan fingerprint density at radius 1 is 1.33 bits per heavy atom. The quantitative estimate of drug-likeness (QED) is 0.762. The van der Waals surface area contributed by atoms with Crippen LogP contribution in [0.4, 0.5) is 0 Å². The van der Waals surface area contributed by atoms with Crippen LogP contribution in [0.25, 0.3) is 0 Å². The summed E-state index contributed by atoms with van der Waals surface area (Å²) in [7, 11) is 0. The summed E-state index contributed by atoms with van der Waals surface area (Å²) in [5, 5.41) is 13.0. The Labute approximate surface area is 131 Å². The topological polar surface area (TPSA) is 49.3 Å². The highest BCUT2D eigenvalue weighted by atomic mass is 32.2. The maximum atomic E-state index is 11.8. The molecule has 0 saturated carbocycles. The maximum Gasteiger partial charge on any atom is 0.220 e.